The first-order valence-corrected chi connectivity index (χ1v) is 5.68. The summed E-state index contributed by atoms with van der Waals surface area (Å²) in [6.45, 7) is 1.78. The minimum Gasteiger partial charge on any atom is -0.395 e. The van der Waals surface area contributed by atoms with Crippen molar-refractivity contribution in [3.05, 3.63) is 36.0 Å². The number of hydrogen-bond acceptors (Lipinski definition) is 2. The fourth-order valence-electron chi connectivity index (χ4n) is 2.01. The van der Waals surface area contributed by atoms with Gasteiger partial charge in [0.1, 0.15) is 0 Å². The van der Waals surface area contributed by atoms with Crippen molar-refractivity contribution in [2.45, 2.75) is 6.42 Å². The fraction of sp³-hybridized carbons (Fsp3) is 0.385. The van der Waals surface area contributed by atoms with Crippen LogP contribution in [0.15, 0.2) is 30.3 Å². The number of rotatable bonds is 5. The second kappa shape index (κ2) is 5.14. The van der Waals surface area contributed by atoms with Crippen molar-refractivity contribution in [1.29, 1.82) is 0 Å². The Balaban J connectivity index is 2.09. The Morgan fingerprint density at radius 3 is 2.81 bits per heavy atom. The summed E-state index contributed by atoms with van der Waals surface area (Å²) in [7, 11) is 2.10. The van der Waals surface area contributed by atoms with E-state index in [-0.39, 0.29) is 6.61 Å². The summed E-state index contributed by atoms with van der Waals surface area (Å²) in [5.74, 6) is 0. The summed E-state index contributed by atoms with van der Waals surface area (Å²) in [5, 5.41) is 13.2. The molecule has 1 aromatic heterocycles. The molecule has 3 nitrogen and oxygen atoms in total. The van der Waals surface area contributed by atoms with Crippen LogP contribution in [-0.4, -0.2) is 29.4 Å². The van der Waals surface area contributed by atoms with Crippen LogP contribution in [0.3, 0.4) is 0 Å². The molecule has 0 spiro atoms. The first-order chi connectivity index (χ1) is 7.83. The van der Waals surface area contributed by atoms with Crippen molar-refractivity contribution in [2.75, 3.05) is 19.7 Å². The predicted octanol–water partition coefficient (Wildman–Crippen LogP) is 1.30. The molecule has 0 radical (unpaired) electrons. The van der Waals surface area contributed by atoms with E-state index in [1.807, 2.05) is 0 Å². The lowest BCUT2D eigenvalue weighted by atomic mass is 10.2. The number of benzene rings is 1. The molecule has 0 atom stereocenters. The molecule has 16 heavy (non-hydrogen) atoms. The summed E-state index contributed by atoms with van der Waals surface area (Å²) in [6.07, 6.45) is 0.991. The van der Waals surface area contributed by atoms with Gasteiger partial charge in [-0.1, -0.05) is 18.2 Å². The SMILES string of the molecule is Cn1c(CCNCCO)cc2ccccc21. The van der Waals surface area contributed by atoms with E-state index in [1.54, 1.807) is 0 Å². The number of nitrogens with one attached hydrogen (secondary N) is 1. The Morgan fingerprint density at radius 2 is 2.06 bits per heavy atom. The van der Waals surface area contributed by atoms with Crippen LogP contribution in [0.1, 0.15) is 5.69 Å². The molecule has 86 valence electrons. The van der Waals surface area contributed by atoms with Crippen LogP contribution in [0.2, 0.25) is 0 Å². The summed E-state index contributed by atoms with van der Waals surface area (Å²) in [5.41, 5.74) is 2.60. The molecular weight excluding hydrogens is 200 g/mol. The van der Waals surface area contributed by atoms with Gasteiger partial charge in [0.15, 0.2) is 0 Å². The minimum absolute atomic E-state index is 0.203. The molecule has 0 aliphatic rings. The number of hydrogen-bond donors (Lipinski definition) is 2. The van der Waals surface area contributed by atoms with Crippen LogP contribution in [0.5, 0.6) is 0 Å². The molecule has 3 heteroatoms. The van der Waals surface area contributed by atoms with Crippen LogP contribution in [0.25, 0.3) is 10.9 Å². The highest BCUT2D eigenvalue weighted by Gasteiger charge is 2.03. The molecule has 2 N–H and O–H groups in total. The summed E-state index contributed by atoms with van der Waals surface area (Å²) in [4.78, 5) is 0. The van der Waals surface area contributed by atoms with Crippen LogP contribution >= 0.6 is 0 Å². The molecule has 0 fully saturated rings. The zero-order valence-electron chi connectivity index (χ0n) is 9.61. The lowest BCUT2D eigenvalue weighted by Gasteiger charge is -2.05. The van der Waals surface area contributed by atoms with Gasteiger partial charge in [0.05, 0.1) is 6.61 Å². The van der Waals surface area contributed by atoms with E-state index in [2.05, 4.69) is 47.3 Å². The van der Waals surface area contributed by atoms with Crippen molar-refractivity contribution in [2.24, 2.45) is 7.05 Å². The monoisotopic (exact) mass is 218 g/mol. The first kappa shape index (κ1) is 11.2. The number of aliphatic hydroxyl groups is 1. The summed E-state index contributed by atoms with van der Waals surface area (Å²) >= 11 is 0. The number of fused-ring (bicyclic) bond motifs is 1. The van der Waals surface area contributed by atoms with Crippen molar-refractivity contribution in [1.82, 2.24) is 9.88 Å². The van der Waals surface area contributed by atoms with Gasteiger partial charge >= 0.3 is 0 Å². The molecule has 1 heterocycles. The molecule has 1 aromatic carbocycles. The van der Waals surface area contributed by atoms with Crippen LogP contribution in [0.4, 0.5) is 0 Å². The van der Waals surface area contributed by atoms with E-state index in [4.69, 9.17) is 5.11 Å². The smallest absolute Gasteiger partial charge is 0.0555 e. The van der Waals surface area contributed by atoms with Gasteiger partial charge in [0.2, 0.25) is 0 Å². The van der Waals surface area contributed by atoms with Gasteiger partial charge in [-0.05, 0) is 17.5 Å². The lowest BCUT2D eigenvalue weighted by Crippen LogP contribution is -2.21. The molecule has 2 rings (SSSR count). The maximum absolute atomic E-state index is 8.66. The van der Waals surface area contributed by atoms with E-state index in [9.17, 15) is 0 Å². The summed E-state index contributed by atoms with van der Waals surface area (Å²) < 4.78 is 2.23. The van der Waals surface area contributed by atoms with Crippen molar-refractivity contribution < 1.29 is 5.11 Å². The van der Waals surface area contributed by atoms with Gasteiger partial charge < -0.3 is 15.0 Å². The van der Waals surface area contributed by atoms with Crippen LogP contribution in [0, 0.1) is 0 Å². The standard InChI is InChI=1S/C13H18N2O/c1-15-12(6-7-14-8-9-16)10-11-4-2-3-5-13(11)15/h2-5,10,14,16H,6-9H2,1H3. The second-order valence-electron chi connectivity index (χ2n) is 3.98. The van der Waals surface area contributed by atoms with Crippen molar-refractivity contribution in [3.8, 4) is 0 Å². The number of aryl methyl sites for hydroxylation is 1. The van der Waals surface area contributed by atoms with Gasteiger partial charge in [-0.15, -0.1) is 0 Å². The molecule has 2 aromatic rings. The Labute approximate surface area is 95.7 Å². The number of aromatic nitrogens is 1. The third-order valence-corrected chi connectivity index (χ3v) is 2.90. The lowest BCUT2D eigenvalue weighted by molar-refractivity contribution is 0.292. The first-order valence-electron chi connectivity index (χ1n) is 5.68. The molecule has 0 aliphatic carbocycles. The predicted molar refractivity (Wildman–Crippen MR) is 66.6 cm³/mol. The van der Waals surface area contributed by atoms with Gasteiger partial charge in [0.25, 0.3) is 0 Å². The average molecular weight is 218 g/mol. The highest BCUT2D eigenvalue weighted by Crippen LogP contribution is 2.18. The van der Waals surface area contributed by atoms with Gasteiger partial charge in [-0.25, -0.2) is 0 Å². The average Bonchev–Trinajstić information content (AvgIpc) is 2.63. The van der Waals surface area contributed by atoms with E-state index >= 15 is 0 Å². The molecule has 0 saturated carbocycles. The maximum Gasteiger partial charge on any atom is 0.0555 e. The van der Waals surface area contributed by atoms with Gasteiger partial charge in [0, 0.05) is 37.8 Å². The molecule has 0 saturated heterocycles. The third-order valence-electron chi connectivity index (χ3n) is 2.90. The highest BCUT2D eigenvalue weighted by atomic mass is 16.3. The van der Waals surface area contributed by atoms with Crippen LogP contribution in [-0.2, 0) is 13.5 Å². The number of para-hydroxylation sites is 1. The van der Waals surface area contributed by atoms with Crippen molar-refractivity contribution in [3.63, 3.8) is 0 Å². The zero-order chi connectivity index (χ0) is 11.4. The highest BCUT2D eigenvalue weighted by molar-refractivity contribution is 5.81. The van der Waals surface area contributed by atoms with E-state index in [0.717, 1.165) is 13.0 Å². The molecule has 0 bridgehead atoms. The normalized spacial score (nSPS) is 11.1. The Bertz CT molecular complexity index is 462. The quantitative estimate of drug-likeness (QED) is 0.742. The molecule has 0 unspecified atom stereocenters. The fourth-order valence-corrected chi connectivity index (χ4v) is 2.01. The van der Waals surface area contributed by atoms with Crippen LogP contribution < -0.4 is 5.32 Å². The Kier molecular flexibility index (Phi) is 3.59. The molecule has 0 aliphatic heterocycles. The maximum atomic E-state index is 8.66. The Morgan fingerprint density at radius 1 is 1.25 bits per heavy atom. The largest absolute Gasteiger partial charge is 0.395 e. The van der Waals surface area contributed by atoms with E-state index in [0.29, 0.717) is 6.54 Å². The Hall–Kier alpha value is -1.32. The van der Waals surface area contributed by atoms with E-state index in [1.165, 1.54) is 16.6 Å². The zero-order valence-corrected chi connectivity index (χ0v) is 9.61. The molecule has 0 amide bonds. The molecular formula is C13H18N2O. The number of nitrogens with zero attached hydrogens (tertiary/aromatic N) is 1. The second-order valence-corrected chi connectivity index (χ2v) is 3.98. The topological polar surface area (TPSA) is 37.2 Å². The third kappa shape index (κ3) is 2.26. The van der Waals surface area contributed by atoms with Crippen molar-refractivity contribution >= 4 is 10.9 Å². The van der Waals surface area contributed by atoms with E-state index < -0.39 is 0 Å². The minimum atomic E-state index is 0.203. The summed E-state index contributed by atoms with van der Waals surface area (Å²) in [6, 6.07) is 10.6. The van der Waals surface area contributed by atoms with Gasteiger partial charge in [-0.3, -0.25) is 0 Å². The van der Waals surface area contributed by atoms with Gasteiger partial charge in [-0.2, -0.15) is 0 Å². The number of aliphatic hydroxyl groups excluding tert-OH is 1.